The fourth-order valence-corrected chi connectivity index (χ4v) is 3.87. The molecule has 1 aromatic heterocycles. The number of benzene rings is 1. The first kappa shape index (κ1) is 21.3. The summed E-state index contributed by atoms with van der Waals surface area (Å²) >= 11 is 0. The molecular formula is C24H33N3O2. The summed E-state index contributed by atoms with van der Waals surface area (Å²) in [6.45, 7) is 10.1. The summed E-state index contributed by atoms with van der Waals surface area (Å²) in [6.07, 6.45) is 6.34. The summed E-state index contributed by atoms with van der Waals surface area (Å²) in [4.78, 5) is 21.7. The van der Waals surface area contributed by atoms with Crippen molar-refractivity contribution in [3.8, 4) is 0 Å². The lowest BCUT2D eigenvalue weighted by molar-refractivity contribution is 0.0598. The molecule has 5 heteroatoms. The molecule has 1 amide bonds. The van der Waals surface area contributed by atoms with Crippen molar-refractivity contribution in [1.82, 2.24) is 9.88 Å². The number of piperidine rings is 1. The predicted molar refractivity (Wildman–Crippen MR) is 118 cm³/mol. The molecule has 1 aromatic carbocycles. The molecule has 0 N–H and O–H groups in total. The van der Waals surface area contributed by atoms with E-state index in [1.54, 1.807) is 4.90 Å². The highest BCUT2D eigenvalue weighted by molar-refractivity contribution is 5.95. The highest BCUT2D eigenvalue weighted by Gasteiger charge is 2.27. The minimum Gasteiger partial charge on any atom is -0.443 e. The van der Waals surface area contributed by atoms with Crippen LogP contribution in [0.3, 0.4) is 0 Å². The molecule has 1 aliphatic heterocycles. The molecule has 0 unspecified atom stereocenters. The van der Waals surface area contributed by atoms with E-state index in [0.29, 0.717) is 11.9 Å². The van der Waals surface area contributed by atoms with Crippen molar-refractivity contribution < 1.29 is 9.53 Å². The van der Waals surface area contributed by atoms with Gasteiger partial charge in [-0.1, -0.05) is 37.6 Å². The molecule has 0 saturated carbocycles. The number of amides is 1. The summed E-state index contributed by atoms with van der Waals surface area (Å²) in [5.41, 5.74) is 1.39. The lowest BCUT2D eigenvalue weighted by Crippen LogP contribution is -2.35. The number of carbonyl (C=O) groups is 1. The summed E-state index contributed by atoms with van der Waals surface area (Å²) in [6, 6.07) is 14.0. The summed E-state index contributed by atoms with van der Waals surface area (Å²) in [7, 11) is 0. The number of aromatic nitrogens is 1. The second-order valence-corrected chi connectivity index (χ2v) is 8.65. The van der Waals surface area contributed by atoms with Gasteiger partial charge in [-0.2, -0.15) is 0 Å². The van der Waals surface area contributed by atoms with Crippen molar-refractivity contribution in [2.45, 2.75) is 65.0 Å². The predicted octanol–water partition coefficient (Wildman–Crippen LogP) is 6.09. The number of nitrogens with zero attached hydrogens (tertiary/aromatic N) is 3. The molecule has 0 spiro atoms. The Morgan fingerprint density at radius 3 is 2.55 bits per heavy atom. The zero-order valence-corrected chi connectivity index (χ0v) is 18.1. The third kappa shape index (κ3) is 5.57. The molecule has 1 aliphatic rings. The average molecular weight is 396 g/mol. The van der Waals surface area contributed by atoms with Crippen LogP contribution < -0.4 is 4.90 Å². The van der Waals surface area contributed by atoms with Crippen LogP contribution in [0.1, 0.15) is 65.0 Å². The Kier molecular flexibility index (Phi) is 6.91. The molecule has 5 nitrogen and oxygen atoms in total. The van der Waals surface area contributed by atoms with Crippen LogP contribution in [-0.2, 0) is 4.74 Å². The number of rotatable bonds is 5. The minimum absolute atomic E-state index is 0.414. The van der Waals surface area contributed by atoms with Crippen LogP contribution in [0.25, 0.3) is 0 Å². The highest BCUT2D eigenvalue weighted by Crippen LogP contribution is 2.32. The van der Waals surface area contributed by atoms with Gasteiger partial charge in [-0.25, -0.2) is 14.7 Å². The van der Waals surface area contributed by atoms with E-state index >= 15 is 0 Å². The molecule has 1 saturated heterocycles. The molecule has 0 aliphatic carbocycles. The molecule has 0 bridgehead atoms. The summed E-state index contributed by atoms with van der Waals surface area (Å²) in [5, 5.41) is 0. The molecule has 1 fully saturated rings. The van der Waals surface area contributed by atoms with Gasteiger partial charge in [0.15, 0.2) is 0 Å². The number of ether oxygens (including phenoxy) is 1. The second kappa shape index (κ2) is 9.40. The van der Waals surface area contributed by atoms with Crippen molar-refractivity contribution in [2.24, 2.45) is 0 Å². The van der Waals surface area contributed by atoms with Gasteiger partial charge in [-0.05, 0) is 76.9 Å². The first-order valence-corrected chi connectivity index (χ1v) is 10.7. The van der Waals surface area contributed by atoms with Crippen LogP contribution in [0, 0.1) is 0 Å². The zero-order chi connectivity index (χ0) is 20.9. The van der Waals surface area contributed by atoms with Gasteiger partial charge in [0.2, 0.25) is 0 Å². The van der Waals surface area contributed by atoms with Gasteiger partial charge in [0.1, 0.15) is 11.4 Å². The molecule has 0 radical (unpaired) electrons. The fourth-order valence-electron chi connectivity index (χ4n) is 3.87. The quantitative estimate of drug-likeness (QED) is 0.614. The lowest BCUT2D eigenvalue weighted by Gasteiger charge is -2.35. The van der Waals surface area contributed by atoms with E-state index in [2.05, 4.69) is 22.9 Å². The molecule has 2 aromatic rings. The molecule has 2 heterocycles. The van der Waals surface area contributed by atoms with Crippen molar-refractivity contribution >= 4 is 17.6 Å². The molecule has 156 valence electrons. The Morgan fingerprint density at radius 1 is 1.17 bits per heavy atom. The molecule has 1 atom stereocenters. The van der Waals surface area contributed by atoms with E-state index in [1.807, 2.05) is 63.4 Å². The normalized spacial score (nSPS) is 17.7. The van der Waals surface area contributed by atoms with Crippen LogP contribution in [-0.4, -0.2) is 34.7 Å². The van der Waals surface area contributed by atoms with Crippen molar-refractivity contribution in [1.29, 1.82) is 0 Å². The SMILES string of the molecule is CCCN1CCCC[C@@H]1c1ccc(N(C(=O)OC(C)(C)C)c2ccccc2)nc1. The van der Waals surface area contributed by atoms with Crippen LogP contribution >= 0.6 is 0 Å². The smallest absolute Gasteiger partial charge is 0.420 e. The Hall–Kier alpha value is -2.40. The Bertz CT molecular complexity index is 782. The Morgan fingerprint density at radius 2 is 1.93 bits per heavy atom. The second-order valence-electron chi connectivity index (χ2n) is 8.65. The average Bonchev–Trinajstić information content (AvgIpc) is 2.69. The van der Waals surface area contributed by atoms with Crippen LogP contribution in [0.2, 0.25) is 0 Å². The Labute approximate surface area is 174 Å². The molecular weight excluding hydrogens is 362 g/mol. The van der Waals surface area contributed by atoms with Crippen molar-refractivity contribution in [3.05, 3.63) is 54.2 Å². The number of hydrogen-bond acceptors (Lipinski definition) is 4. The number of para-hydroxylation sites is 1. The highest BCUT2D eigenvalue weighted by atomic mass is 16.6. The van der Waals surface area contributed by atoms with Gasteiger partial charge in [0.05, 0.1) is 5.69 Å². The maximum absolute atomic E-state index is 12.9. The monoisotopic (exact) mass is 395 g/mol. The van der Waals surface area contributed by atoms with Gasteiger partial charge in [0, 0.05) is 12.2 Å². The molecule has 3 rings (SSSR count). The fraction of sp³-hybridized carbons (Fsp3) is 0.500. The number of pyridine rings is 1. The van der Waals surface area contributed by atoms with Crippen molar-refractivity contribution in [2.75, 3.05) is 18.0 Å². The first-order valence-electron chi connectivity index (χ1n) is 10.7. The topological polar surface area (TPSA) is 45.7 Å². The van der Waals surface area contributed by atoms with E-state index in [1.165, 1.54) is 18.4 Å². The van der Waals surface area contributed by atoms with Gasteiger partial charge < -0.3 is 4.74 Å². The van der Waals surface area contributed by atoms with Gasteiger partial charge in [-0.3, -0.25) is 4.90 Å². The van der Waals surface area contributed by atoms with Crippen molar-refractivity contribution in [3.63, 3.8) is 0 Å². The minimum atomic E-state index is -0.577. The maximum atomic E-state index is 12.9. The summed E-state index contributed by atoms with van der Waals surface area (Å²) < 4.78 is 5.64. The summed E-state index contributed by atoms with van der Waals surface area (Å²) in [5.74, 6) is 0.576. The van der Waals surface area contributed by atoms with E-state index in [0.717, 1.165) is 31.6 Å². The standard InChI is InChI=1S/C24H33N3O2/c1-5-16-26-17-10-9-13-21(26)19-14-15-22(25-18-19)27(20-11-7-6-8-12-20)23(28)29-24(2,3)4/h6-8,11-12,14-15,18,21H,5,9-10,13,16-17H2,1-4H3/t21-/m1/s1. The van der Waals surface area contributed by atoms with Gasteiger partial charge in [-0.15, -0.1) is 0 Å². The maximum Gasteiger partial charge on any atom is 0.420 e. The zero-order valence-electron chi connectivity index (χ0n) is 18.1. The number of anilines is 2. The number of hydrogen-bond donors (Lipinski definition) is 0. The van der Waals surface area contributed by atoms with Crippen LogP contribution in [0.15, 0.2) is 48.7 Å². The first-order chi connectivity index (χ1) is 13.9. The van der Waals surface area contributed by atoms with Crippen LogP contribution in [0.5, 0.6) is 0 Å². The van der Waals surface area contributed by atoms with E-state index in [9.17, 15) is 4.79 Å². The van der Waals surface area contributed by atoms with E-state index in [-0.39, 0.29) is 0 Å². The van der Waals surface area contributed by atoms with Gasteiger partial charge in [0.25, 0.3) is 0 Å². The number of likely N-dealkylation sites (tertiary alicyclic amines) is 1. The Balaban J connectivity index is 1.88. The largest absolute Gasteiger partial charge is 0.443 e. The molecule has 29 heavy (non-hydrogen) atoms. The third-order valence-electron chi connectivity index (χ3n) is 5.10. The van der Waals surface area contributed by atoms with E-state index < -0.39 is 11.7 Å². The third-order valence-corrected chi connectivity index (χ3v) is 5.10. The number of carbonyl (C=O) groups excluding carboxylic acids is 1. The lowest BCUT2D eigenvalue weighted by atomic mass is 9.96. The van der Waals surface area contributed by atoms with Crippen LogP contribution in [0.4, 0.5) is 16.3 Å². The van der Waals surface area contributed by atoms with E-state index in [4.69, 9.17) is 4.74 Å². The van der Waals surface area contributed by atoms with Gasteiger partial charge >= 0.3 is 6.09 Å².